The van der Waals surface area contributed by atoms with E-state index >= 15 is 0 Å². The molecule has 1 unspecified atom stereocenters. The molecule has 2 rings (SSSR count). The van der Waals surface area contributed by atoms with Crippen LogP contribution in [0.3, 0.4) is 0 Å². The molecule has 5 heteroatoms. The summed E-state index contributed by atoms with van der Waals surface area (Å²) in [6.45, 7) is 0. The first-order valence-electron chi connectivity index (χ1n) is 6.90. The van der Waals surface area contributed by atoms with Crippen molar-refractivity contribution in [2.45, 2.75) is 38.2 Å². The molecular formula is C15H19ClO3S. The number of benzene rings is 1. The molecule has 1 atom stereocenters. The van der Waals surface area contributed by atoms with Crippen molar-refractivity contribution in [2.75, 3.05) is 11.5 Å². The fraction of sp³-hybridized carbons (Fsp3) is 0.533. The average Bonchev–Trinajstić information content (AvgIpc) is 2.42. The van der Waals surface area contributed by atoms with Crippen LogP contribution in [0.2, 0.25) is 5.02 Å². The van der Waals surface area contributed by atoms with Gasteiger partial charge in [-0.05, 0) is 49.1 Å². The van der Waals surface area contributed by atoms with Crippen molar-refractivity contribution in [3.8, 4) is 5.75 Å². The lowest BCUT2D eigenvalue weighted by Crippen LogP contribution is -2.23. The summed E-state index contributed by atoms with van der Waals surface area (Å²) in [7, 11) is 0. The van der Waals surface area contributed by atoms with Crippen molar-refractivity contribution in [1.82, 2.24) is 0 Å². The van der Waals surface area contributed by atoms with E-state index < -0.39 is 5.97 Å². The molecule has 0 radical (unpaired) electrons. The van der Waals surface area contributed by atoms with Crippen LogP contribution in [0.15, 0.2) is 18.2 Å². The molecule has 1 saturated heterocycles. The van der Waals surface area contributed by atoms with E-state index in [4.69, 9.17) is 21.4 Å². The van der Waals surface area contributed by atoms with Gasteiger partial charge in [-0.2, -0.15) is 11.8 Å². The Morgan fingerprint density at radius 1 is 1.50 bits per heavy atom. The van der Waals surface area contributed by atoms with Crippen LogP contribution in [0.4, 0.5) is 0 Å². The second-order valence-corrected chi connectivity index (χ2v) is 6.53. The zero-order valence-electron chi connectivity index (χ0n) is 11.3. The predicted octanol–water partition coefficient (Wildman–Crippen LogP) is 4.02. The predicted molar refractivity (Wildman–Crippen MR) is 83.0 cm³/mol. The molecule has 1 aliphatic rings. The van der Waals surface area contributed by atoms with E-state index in [1.54, 1.807) is 0 Å². The van der Waals surface area contributed by atoms with E-state index in [1.807, 2.05) is 30.0 Å². The molecule has 1 N–H and O–H groups in total. The summed E-state index contributed by atoms with van der Waals surface area (Å²) in [5.74, 6) is 2.22. The third-order valence-corrected chi connectivity index (χ3v) is 4.74. The van der Waals surface area contributed by atoms with Crippen LogP contribution in [0.5, 0.6) is 5.75 Å². The van der Waals surface area contributed by atoms with Crippen LogP contribution in [0.25, 0.3) is 0 Å². The number of halogens is 1. The van der Waals surface area contributed by atoms with Crippen molar-refractivity contribution >= 4 is 29.3 Å². The molecular weight excluding hydrogens is 296 g/mol. The number of aryl methyl sites for hydroxylation is 1. The smallest absolute Gasteiger partial charge is 0.303 e. The number of carboxylic acid groups (broad SMARTS) is 1. The molecule has 0 spiro atoms. The van der Waals surface area contributed by atoms with E-state index in [-0.39, 0.29) is 12.5 Å². The second kappa shape index (κ2) is 7.79. The summed E-state index contributed by atoms with van der Waals surface area (Å²) in [5.41, 5.74) is 1.06. The highest BCUT2D eigenvalue weighted by molar-refractivity contribution is 7.99. The van der Waals surface area contributed by atoms with Gasteiger partial charge in [0, 0.05) is 12.2 Å². The van der Waals surface area contributed by atoms with Gasteiger partial charge in [-0.25, -0.2) is 0 Å². The molecule has 0 amide bonds. The Morgan fingerprint density at radius 2 is 2.35 bits per heavy atom. The molecule has 110 valence electrons. The number of rotatable bonds is 6. The first-order chi connectivity index (χ1) is 9.65. The number of aliphatic carboxylic acids is 1. The molecule has 1 aromatic carbocycles. The van der Waals surface area contributed by atoms with Crippen molar-refractivity contribution < 1.29 is 14.6 Å². The normalized spacial score (nSPS) is 18.8. The first kappa shape index (κ1) is 15.5. The monoisotopic (exact) mass is 314 g/mol. The van der Waals surface area contributed by atoms with Crippen LogP contribution in [-0.2, 0) is 11.2 Å². The van der Waals surface area contributed by atoms with Gasteiger partial charge in [0.25, 0.3) is 0 Å². The van der Waals surface area contributed by atoms with Gasteiger partial charge in [0.05, 0.1) is 5.02 Å². The largest absolute Gasteiger partial charge is 0.488 e. The van der Waals surface area contributed by atoms with Gasteiger partial charge in [-0.1, -0.05) is 17.7 Å². The summed E-state index contributed by atoms with van der Waals surface area (Å²) in [5, 5.41) is 9.24. The Kier molecular flexibility index (Phi) is 6.05. The van der Waals surface area contributed by atoms with Crippen molar-refractivity contribution in [2.24, 2.45) is 0 Å². The fourth-order valence-electron chi connectivity index (χ4n) is 2.22. The van der Waals surface area contributed by atoms with E-state index in [2.05, 4.69) is 0 Å². The molecule has 1 aliphatic heterocycles. The van der Waals surface area contributed by atoms with Crippen LogP contribution in [0.1, 0.15) is 31.2 Å². The lowest BCUT2D eigenvalue weighted by atomic mass is 10.1. The van der Waals surface area contributed by atoms with Crippen molar-refractivity contribution in [3.63, 3.8) is 0 Å². The number of hydrogen-bond donors (Lipinski definition) is 1. The Hall–Kier alpha value is -0.870. The maximum atomic E-state index is 10.5. The number of carbonyl (C=O) groups is 1. The van der Waals surface area contributed by atoms with Crippen molar-refractivity contribution in [3.05, 3.63) is 28.8 Å². The van der Waals surface area contributed by atoms with E-state index in [0.717, 1.165) is 29.9 Å². The first-order valence-corrected chi connectivity index (χ1v) is 8.43. The highest BCUT2D eigenvalue weighted by Gasteiger charge is 2.16. The Morgan fingerprint density at radius 3 is 3.00 bits per heavy atom. The molecule has 1 heterocycles. The Bertz CT molecular complexity index is 458. The second-order valence-electron chi connectivity index (χ2n) is 4.97. The standard InChI is InChI=1S/C15H19ClO3S/c16-13-9-11(3-1-5-15(17)18)6-7-14(13)19-12-4-2-8-20-10-12/h6-7,9,12H,1-5,8,10H2,(H,17,18). The van der Waals surface area contributed by atoms with Crippen molar-refractivity contribution in [1.29, 1.82) is 0 Å². The fourth-order valence-corrected chi connectivity index (χ4v) is 3.51. The lowest BCUT2D eigenvalue weighted by Gasteiger charge is -2.23. The number of hydrogen-bond acceptors (Lipinski definition) is 3. The molecule has 20 heavy (non-hydrogen) atoms. The SMILES string of the molecule is O=C(O)CCCc1ccc(OC2CCCSC2)c(Cl)c1. The van der Waals surface area contributed by atoms with Crippen LogP contribution in [-0.4, -0.2) is 28.7 Å². The minimum Gasteiger partial charge on any atom is -0.488 e. The summed E-state index contributed by atoms with van der Waals surface area (Å²) in [6, 6.07) is 5.76. The highest BCUT2D eigenvalue weighted by atomic mass is 35.5. The molecule has 1 aromatic rings. The van der Waals surface area contributed by atoms with Gasteiger partial charge < -0.3 is 9.84 Å². The number of ether oxygens (including phenoxy) is 1. The zero-order chi connectivity index (χ0) is 14.4. The molecule has 1 fully saturated rings. The Labute approximate surface area is 128 Å². The van der Waals surface area contributed by atoms with Gasteiger partial charge >= 0.3 is 5.97 Å². The quantitative estimate of drug-likeness (QED) is 0.861. The van der Waals surface area contributed by atoms with E-state index in [9.17, 15) is 4.79 Å². The Balaban J connectivity index is 1.89. The minimum atomic E-state index is -0.758. The molecule has 0 bridgehead atoms. The third-order valence-electron chi connectivity index (χ3n) is 3.26. The maximum absolute atomic E-state index is 10.5. The number of thioether (sulfide) groups is 1. The van der Waals surface area contributed by atoms with Crippen LogP contribution >= 0.6 is 23.4 Å². The molecule has 0 saturated carbocycles. The van der Waals surface area contributed by atoms with Crippen LogP contribution in [0, 0.1) is 0 Å². The highest BCUT2D eigenvalue weighted by Crippen LogP contribution is 2.29. The summed E-state index contributed by atoms with van der Waals surface area (Å²) in [6.07, 6.45) is 4.08. The minimum absolute atomic E-state index is 0.190. The van der Waals surface area contributed by atoms with E-state index in [0.29, 0.717) is 11.4 Å². The maximum Gasteiger partial charge on any atom is 0.303 e. The number of carboxylic acids is 1. The van der Waals surface area contributed by atoms with Crippen LogP contribution < -0.4 is 4.74 Å². The molecule has 3 nitrogen and oxygen atoms in total. The zero-order valence-corrected chi connectivity index (χ0v) is 12.9. The van der Waals surface area contributed by atoms with Gasteiger partial charge in [0.1, 0.15) is 11.9 Å². The topological polar surface area (TPSA) is 46.5 Å². The van der Waals surface area contributed by atoms with Gasteiger partial charge in [0.2, 0.25) is 0 Å². The summed E-state index contributed by atoms with van der Waals surface area (Å²) < 4.78 is 5.94. The molecule has 0 aromatic heterocycles. The lowest BCUT2D eigenvalue weighted by molar-refractivity contribution is -0.137. The van der Waals surface area contributed by atoms with Gasteiger partial charge in [-0.15, -0.1) is 0 Å². The summed E-state index contributed by atoms with van der Waals surface area (Å²) >= 11 is 8.16. The summed E-state index contributed by atoms with van der Waals surface area (Å²) in [4.78, 5) is 10.5. The van der Waals surface area contributed by atoms with E-state index in [1.165, 1.54) is 12.2 Å². The van der Waals surface area contributed by atoms with Gasteiger partial charge in [0.15, 0.2) is 0 Å². The molecule has 0 aliphatic carbocycles. The van der Waals surface area contributed by atoms with Gasteiger partial charge in [-0.3, -0.25) is 4.79 Å². The average molecular weight is 315 g/mol. The third kappa shape index (κ3) is 4.91.